The number of ether oxygens (including phenoxy) is 2. The van der Waals surface area contributed by atoms with Crippen LogP contribution in [0.25, 0.3) is 0 Å². The van der Waals surface area contributed by atoms with E-state index in [1.54, 1.807) is 43.3 Å². The Morgan fingerprint density at radius 2 is 1.58 bits per heavy atom. The van der Waals surface area contributed by atoms with Gasteiger partial charge in [0, 0.05) is 6.42 Å². The molecular weight excluding hydrogens is 404 g/mol. The smallest absolute Gasteiger partial charge is 0.408 e. The number of hydrogen-bond donors (Lipinski definition) is 4. The Balaban J connectivity index is 1.97. The lowest BCUT2D eigenvalue weighted by atomic mass is 10.1. The summed E-state index contributed by atoms with van der Waals surface area (Å²) in [6.07, 6.45) is -0.786. The fourth-order valence-electron chi connectivity index (χ4n) is 2.68. The van der Waals surface area contributed by atoms with Crippen molar-refractivity contribution < 1.29 is 34.1 Å². The van der Waals surface area contributed by atoms with Crippen molar-refractivity contribution in [3.8, 4) is 5.75 Å². The second-order valence-electron chi connectivity index (χ2n) is 6.63. The minimum absolute atomic E-state index is 0.00125. The summed E-state index contributed by atoms with van der Waals surface area (Å²) in [4.78, 5) is 36.8. The number of carbonyl (C=O) groups excluding carboxylic acids is 3. The van der Waals surface area contributed by atoms with Crippen molar-refractivity contribution in [3.05, 3.63) is 65.7 Å². The number of hydrogen-bond acceptors (Lipinski definition) is 7. The molecule has 0 bridgehead atoms. The van der Waals surface area contributed by atoms with Gasteiger partial charge in [0.05, 0.1) is 13.2 Å². The van der Waals surface area contributed by atoms with Gasteiger partial charge >= 0.3 is 12.1 Å². The Bertz CT molecular complexity index is 856. The zero-order chi connectivity index (χ0) is 22.6. The molecule has 2 aromatic carbocycles. The van der Waals surface area contributed by atoms with Gasteiger partial charge in [0.25, 0.3) is 0 Å². The Hall–Kier alpha value is -3.59. The number of nitrogens with one attached hydrogen (secondary N) is 2. The van der Waals surface area contributed by atoms with Gasteiger partial charge in [-0.05, 0) is 30.2 Å². The minimum atomic E-state index is -1.32. The van der Waals surface area contributed by atoms with Crippen molar-refractivity contribution in [2.24, 2.45) is 0 Å². The number of amides is 2. The number of phenols is 1. The lowest BCUT2D eigenvalue weighted by Gasteiger charge is -2.21. The highest BCUT2D eigenvalue weighted by molar-refractivity contribution is 5.89. The highest BCUT2D eigenvalue weighted by atomic mass is 16.5. The van der Waals surface area contributed by atoms with Crippen molar-refractivity contribution in [1.82, 2.24) is 10.6 Å². The molecular formula is C22H26N2O7. The van der Waals surface area contributed by atoms with Gasteiger partial charge in [0.2, 0.25) is 5.91 Å². The predicted molar refractivity (Wildman–Crippen MR) is 111 cm³/mol. The van der Waals surface area contributed by atoms with Crippen LogP contribution < -0.4 is 10.6 Å². The van der Waals surface area contributed by atoms with Crippen molar-refractivity contribution >= 4 is 18.0 Å². The standard InChI is InChI=1S/C22H26N2O7/c1-2-30-21(28)18(12-15-8-10-17(26)11-9-15)23-20(27)19(13-25)24-22(29)31-14-16-6-4-3-5-7-16/h3-11,18-19,25-26H,2,12-14H2,1H3,(H,23,27)(H,24,29)/t18-,19-/m0/s1. The first-order valence-corrected chi connectivity index (χ1v) is 9.76. The molecule has 4 N–H and O–H groups in total. The fourth-order valence-corrected chi connectivity index (χ4v) is 2.68. The van der Waals surface area contributed by atoms with E-state index in [0.29, 0.717) is 5.56 Å². The van der Waals surface area contributed by atoms with Crippen molar-refractivity contribution in [2.75, 3.05) is 13.2 Å². The van der Waals surface area contributed by atoms with Gasteiger partial charge < -0.3 is 30.3 Å². The highest BCUT2D eigenvalue weighted by Gasteiger charge is 2.28. The number of aromatic hydroxyl groups is 1. The van der Waals surface area contributed by atoms with Crippen LogP contribution in [0, 0.1) is 0 Å². The first-order valence-electron chi connectivity index (χ1n) is 9.76. The zero-order valence-electron chi connectivity index (χ0n) is 17.1. The van der Waals surface area contributed by atoms with Crippen LogP contribution in [0.2, 0.25) is 0 Å². The number of rotatable bonds is 10. The molecule has 166 valence electrons. The summed E-state index contributed by atoms with van der Waals surface area (Å²) in [5, 5.41) is 23.7. The van der Waals surface area contributed by atoms with E-state index in [4.69, 9.17) is 9.47 Å². The third-order valence-corrected chi connectivity index (χ3v) is 4.27. The molecule has 9 heteroatoms. The van der Waals surface area contributed by atoms with Crippen LogP contribution in [0.3, 0.4) is 0 Å². The quantitative estimate of drug-likeness (QED) is 0.417. The average molecular weight is 430 g/mol. The predicted octanol–water partition coefficient (Wildman–Crippen LogP) is 1.27. The summed E-state index contributed by atoms with van der Waals surface area (Å²) in [6.45, 7) is 1.06. The van der Waals surface area contributed by atoms with E-state index in [-0.39, 0.29) is 25.4 Å². The molecule has 0 aromatic heterocycles. The molecule has 0 aliphatic carbocycles. The summed E-state index contributed by atoms with van der Waals surface area (Å²) in [7, 11) is 0. The van der Waals surface area contributed by atoms with Crippen LogP contribution in [0.5, 0.6) is 5.75 Å². The van der Waals surface area contributed by atoms with Gasteiger partial charge in [-0.2, -0.15) is 0 Å². The molecule has 0 spiro atoms. The molecule has 2 aromatic rings. The molecule has 0 unspecified atom stereocenters. The number of benzene rings is 2. The molecule has 0 aliphatic rings. The van der Waals surface area contributed by atoms with Gasteiger partial charge in [0.15, 0.2) is 0 Å². The lowest BCUT2D eigenvalue weighted by molar-refractivity contribution is -0.147. The highest BCUT2D eigenvalue weighted by Crippen LogP contribution is 2.12. The molecule has 0 heterocycles. The van der Waals surface area contributed by atoms with Crippen LogP contribution in [-0.4, -0.2) is 53.5 Å². The van der Waals surface area contributed by atoms with E-state index in [1.807, 2.05) is 6.07 Å². The molecule has 0 saturated carbocycles. The molecule has 2 rings (SSSR count). The van der Waals surface area contributed by atoms with E-state index >= 15 is 0 Å². The van der Waals surface area contributed by atoms with Crippen LogP contribution in [0.15, 0.2) is 54.6 Å². The summed E-state index contributed by atoms with van der Waals surface area (Å²) in [6, 6.07) is 12.7. The van der Waals surface area contributed by atoms with Crippen LogP contribution in [0.4, 0.5) is 4.79 Å². The van der Waals surface area contributed by atoms with Gasteiger partial charge in [-0.3, -0.25) is 4.79 Å². The normalized spacial score (nSPS) is 12.3. The van der Waals surface area contributed by atoms with Gasteiger partial charge in [0.1, 0.15) is 24.4 Å². The van der Waals surface area contributed by atoms with Crippen molar-refractivity contribution in [3.63, 3.8) is 0 Å². The van der Waals surface area contributed by atoms with Crippen molar-refractivity contribution in [2.45, 2.75) is 32.0 Å². The molecule has 0 aliphatic heterocycles. The Labute approximate surface area is 180 Å². The van der Waals surface area contributed by atoms with Crippen LogP contribution in [0.1, 0.15) is 18.1 Å². The fraction of sp³-hybridized carbons (Fsp3) is 0.318. The molecule has 0 saturated heterocycles. The maximum absolute atomic E-state index is 12.6. The average Bonchev–Trinajstić information content (AvgIpc) is 2.77. The van der Waals surface area contributed by atoms with E-state index in [9.17, 15) is 24.6 Å². The Morgan fingerprint density at radius 1 is 0.903 bits per heavy atom. The second kappa shape index (κ2) is 12.2. The van der Waals surface area contributed by atoms with Gasteiger partial charge in [-0.15, -0.1) is 0 Å². The molecule has 0 radical (unpaired) electrons. The molecule has 2 atom stereocenters. The van der Waals surface area contributed by atoms with Gasteiger partial charge in [-0.25, -0.2) is 9.59 Å². The zero-order valence-corrected chi connectivity index (χ0v) is 17.1. The number of aliphatic hydroxyl groups excluding tert-OH is 1. The van der Waals surface area contributed by atoms with E-state index in [2.05, 4.69) is 10.6 Å². The summed E-state index contributed by atoms with van der Waals surface area (Å²) in [5.41, 5.74) is 1.44. The monoisotopic (exact) mass is 430 g/mol. The first kappa shape index (κ1) is 23.7. The number of phenolic OH excluding ortho intramolecular Hbond substituents is 1. The second-order valence-corrected chi connectivity index (χ2v) is 6.63. The summed E-state index contributed by atoms with van der Waals surface area (Å²) >= 11 is 0. The lowest BCUT2D eigenvalue weighted by Crippen LogP contribution is -2.54. The minimum Gasteiger partial charge on any atom is -0.508 e. The first-order chi connectivity index (χ1) is 14.9. The largest absolute Gasteiger partial charge is 0.508 e. The SMILES string of the molecule is CCOC(=O)[C@H](Cc1ccc(O)cc1)NC(=O)[C@H](CO)NC(=O)OCc1ccccc1. The van der Waals surface area contributed by atoms with E-state index in [0.717, 1.165) is 5.56 Å². The van der Waals surface area contributed by atoms with E-state index < -0.39 is 36.7 Å². The number of carbonyl (C=O) groups is 3. The van der Waals surface area contributed by atoms with Crippen LogP contribution in [-0.2, 0) is 32.1 Å². The molecule has 31 heavy (non-hydrogen) atoms. The van der Waals surface area contributed by atoms with Gasteiger partial charge in [-0.1, -0.05) is 42.5 Å². The Kier molecular flexibility index (Phi) is 9.31. The van der Waals surface area contributed by atoms with E-state index in [1.165, 1.54) is 12.1 Å². The number of esters is 1. The number of alkyl carbamates (subject to hydrolysis) is 1. The molecule has 2 amide bonds. The Morgan fingerprint density at radius 3 is 2.19 bits per heavy atom. The molecule has 9 nitrogen and oxygen atoms in total. The number of aliphatic hydroxyl groups is 1. The third kappa shape index (κ3) is 7.98. The molecule has 0 fully saturated rings. The summed E-state index contributed by atoms with van der Waals surface area (Å²) < 4.78 is 10.1. The third-order valence-electron chi connectivity index (χ3n) is 4.27. The maximum Gasteiger partial charge on any atom is 0.408 e. The van der Waals surface area contributed by atoms with Crippen molar-refractivity contribution in [1.29, 1.82) is 0 Å². The maximum atomic E-state index is 12.6. The topological polar surface area (TPSA) is 134 Å². The summed E-state index contributed by atoms with van der Waals surface area (Å²) in [5.74, 6) is -1.36. The van der Waals surface area contributed by atoms with Crippen LogP contribution >= 0.6 is 0 Å².